The number of fused-ring (bicyclic) bond motifs is 2. The van der Waals surface area contributed by atoms with Gasteiger partial charge in [-0.15, -0.1) is 0 Å². The van der Waals surface area contributed by atoms with Crippen LogP contribution in [0.15, 0.2) is 45.8 Å². The molecule has 0 fully saturated rings. The maximum atomic E-state index is 13.5. The van der Waals surface area contributed by atoms with Gasteiger partial charge in [0, 0.05) is 30.5 Å². The molecule has 0 aliphatic carbocycles. The Kier molecular flexibility index (Phi) is 4.86. The Labute approximate surface area is 168 Å². The van der Waals surface area contributed by atoms with E-state index < -0.39 is 10.0 Å². The fraction of sp³-hybridized carbons (Fsp3) is 0.350. The average Bonchev–Trinajstić information content (AvgIpc) is 3.09. The molecule has 7 heteroatoms. The molecule has 0 saturated heterocycles. The fourth-order valence-electron chi connectivity index (χ4n) is 3.92. The quantitative estimate of drug-likeness (QED) is 0.721. The Morgan fingerprint density at radius 2 is 1.78 bits per heavy atom. The van der Waals surface area contributed by atoms with Gasteiger partial charge in [-0.2, -0.15) is 4.31 Å². The summed E-state index contributed by atoms with van der Waals surface area (Å²) < 4.78 is 29.3. The van der Waals surface area contributed by atoms with Gasteiger partial charge in [0.05, 0.1) is 5.69 Å². The molecule has 0 radical (unpaired) electrons. The van der Waals surface area contributed by atoms with E-state index in [0.29, 0.717) is 44.6 Å². The van der Waals surface area contributed by atoms with E-state index in [4.69, 9.17) is 0 Å². The summed E-state index contributed by atoms with van der Waals surface area (Å²) in [6, 6.07) is 11.5. The molecule has 4 rings (SSSR count). The number of rotatable bonds is 3. The van der Waals surface area contributed by atoms with Crippen molar-refractivity contribution in [2.45, 2.75) is 37.6 Å². The summed E-state index contributed by atoms with van der Waals surface area (Å²) >= 11 is 3.45. The zero-order chi connectivity index (χ0) is 19.2. The first kappa shape index (κ1) is 18.7. The Hall–Kier alpha value is -1.70. The number of halogens is 1. The third kappa shape index (κ3) is 3.22. The first-order valence-corrected chi connectivity index (χ1v) is 11.3. The van der Waals surface area contributed by atoms with Crippen molar-refractivity contribution in [2.24, 2.45) is 0 Å². The van der Waals surface area contributed by atoms with Crippen LogP contribution in [0.3, 0.4) is 0 Å². The van der Waals surface area contributed by atoms with Crippen LogP contribution in [0.1, 0.15) is 30.0 Å². The highest BCUT2D eigenvalue weighted by atomic mass is 79.9. The summed E-state index contributed by atoms with van der Waals surface area (Å²) in [6.07, 6.45) is 1.72. The number of carbonyl (C=O) groups excluding carboxylic acids is 1. The molecule has 2 aliphatic heterocycles. The largest absolute Gasteiger partial charge is 0.310 e. The van der Waals surface area contributed by atoms with Crippen molar-refractivity contribution in [1.29, 1.82) is 0 Å². The molecule has 0 atom stereocenters. The van der Waals surface area contributed by atoms with Crippen LogP contribution < -0.4 is 4.90 Å². The highest BCUT2D eigenvalue weighted by molar-refractivity contribution is 9.10. The van der Waals surface area contributed by atoms with Crippen LogP contribution in [0.5, 0.6) is 0 Å². The molecule has 5 nitrogen and oxygen atoms in total. The van der Waals surface area contributed by atoms with Gasteiger partial charge >= 0.3 is 0 Å². The Morgan fingerprint density at radius 3 is 2.52 bits per heavy atom. The standard InChI is InChI=1S/C20H21BrN2O3S/c1-2-19(24)23-10-8-15-11-17(21)12-18(20(15)23)27(25,26)22-9-7-14-5-3-4-6-16(14)13-22/h3-6,11-12H,2,7-10,13H2,1H3. The van der Waals surface area contributed by atoms with Gasteiger partial charge in [0.25, 0.3) is 0 Å². The predicted octanol–water partition coefficient (Wildman–Crippen LogP) is 3.50. The molecule has 27 heavy (non-hydrogen) atoms. The highest BCUT2D eigenvalue weighted by Gasteiger charge is 2.36. The molecule has 0 bridgehead atoms. The Balaban J connectivity index is 1.78. The number of hydrogen-bond acceptors (Lipinski definition) is 3. The highest BCUT2D eigenvalue weighted by Crippen LogP contribution is 2.39. The van der Waals surface area contributed by atoms with E-state index in [-0.39, 0.29) is 10.8 Å². The van der Waals surface area contributed by atoms with Crippen LogP contribution in [0.25, 0.3) is 0 Å². The molecule has 0 N–H and O–H groups in total. The normalized spacial score (nSPS) is 16.9. The van der Waals surface area contributed by atoms with Crippen LogP contribution in [0.4, 0.5) is 5.69 Å². The lowest BCUT2D eigenvalue weighted by molar-refractivity contribution is -0.118. The molecule has 0 unspecified atom stereocenters. The summed E-state index contributed by atoms with van der Waals surface area (Å²) in [5.41, 5.74) is 3.71. The second kappa shape index (κ2) is 7.04. The number of carbonyl (C=O) groups is 1. The first-order chi connectivity index (χ1) is 12.9. The zero-order valence-electron chi connectivity index (χ0n) is 15.1. The lowest BCUT2D eigenvalue weighted by Gasteiger charge is -2.30. The van der Waals surface area contributed by atoms with E-state index in [2.05, 4.69) is 22.0 Å². The minimum atomic E-state index is -3.72. The van der Waals surface area contributed by atoms with Crippen molar-refractivity contribution >= 4 is 37.5 Å². The molecule has 2 heterocycles. The molecular formula is C20H21BrN2O3S. The van der Waals surface area contributed by atoms with Gasteiger partial charge in [0.15, 0.2) is 0 Å². The van der Waals surface area contributed by atoms with Gasteiger partial charge in [0.1, 0.15) is 4.90 Å². The monoisotopic (exact) mass is 448 g/mol. The first-order valence-electron chi connectivity index (χ1n) is 9.11. The third-order valence-electron chi connectivity index (χ3n) is 5.31. The van der Waals surface area contributed by atoms with Crippen molar-refractivity contribution in [3.05, 3.63) is 57.6 Å². The number of nitrogens with zero attached hydrogens (tertiary/aromatic N) is 2. The average molecular weight is 449 g/mol. The molecule has 142 valence electrons. The zero-order valence-corrected chi connectivity index (χ0v) is 17.5. The van der Waals surface area contributed by atoms with Gasteiger partial charge in [-0.25, -0.2) is 8.42 Å². The maximum Gasteiger partial charge on any atom is 0.245 e. The summed E-state index contributed by atoms with van der Waals surface area (Å²) in [5, 5.41) is 0. The van der Waals surface area contributed by atoms with Gasteiger partial charge in [-0.3, -0.25) is 4.79 Å². The Bertz CT molecular complexity index is 1020. The summed E-state index contributed by atoms with van der Waals surface area (Å²) in [7, 11) is -3.72. The van der Waals surface area contributed by atoms with Gasteiger partial charge in [-0.05, 0) is 41.7 Å². The fourth-order valence-corrected chi connectivity index (χ4v) is 6.26. The van der Waals surface area contributed by atoms with Gasteiger partial charge < -0.3 is 4.90 Å². The van der Waals surface area contributed by atoms with Crippen molar-refractivity contribution in [1.82, 2.24) is 4.31 Å². The Morgan fingerprint density at radius 1 is 1.07 bits per heavy atom. The lowest BCUT2D eigenvalue weighted by atomic mass is 10.0. The maximum absolute atomic E-state index is 13.5. The number of benzene rings is 2. The summed E-state index contributed by atoms with van der Waals surface area (Å²) in [4.78, 5) is 14.2. The summed E-state index contributed by atoms with van der Waals surface area (Å²) in [6.45, 7) is 3.14. The van der Waals surface area contributed by atoms with E-state index >= 15 is 0 Å². The SMILES string of the molecule is CCC(=O)N1CCc2cc(Br)cc(S(=O)(=O)N3CCc4ccccc4C3)c21. The number of hydrogen-bond donors (Lipinski definition) is 0. The smallest absolute Gasteiger partial charge is 0.245 e. The molecule has 2 aliphatic rings. The molecule has 2 aromatic carbocycles. The van der Waals surface area contributed by atoms with Crippen LogP contribution in [0, 0.1) is 0 Å². The van der Waals surface area contributed by atoms with Crippen LogP contribution in [-0.4, -0.2) is 31.7 Å². The second-order valence-corrected chi connectivity index (χ2v) is 9.74. The molecule has 0 aromatic heterocycles. The predicted molar refractivity (Wildman–Crippen MR) is 108 cm³/mol. The number of sulfonamides is 1. The summed E-state index contributed by atoms with van der Waals surface area (Å²) in [5.74, 6) is -0.0449. The second-order valence-electron chi connectivity index (χ2n) is 6.92. The van der Waals surface area contributed by atoms with Crippen LogP contribution >= 0.6 is 15.9 Å². The van der Waals surface area contributed by atoms with E-state index in [0.717, 1.165) is 15.6 Å². The molecule has 0 saturated carbocycles. The minimum absolute atomic E-state index is 0.0449. The minimum Gasteiger partial charge on any atom is -0.310 e. The molecule has 1 amide bonds. The van der Waals surface area contributed by atoms with Crippen molar-refractivity contribution < 1.29 is 13.2 Å². The van der Waals surface area contributed by atoms with Crippen molar-refractivity contribution in [3.63, 3.8) is 0 Å². The van der Waals surface area contributed by atoms with E-state index in [9.17, 15) is 13.2 Å². The van der Waals surface area contributed by atoms with E-state index in [1.165, 1.54) is 9.87 Å². The number of amides is 1. The molecule has 0 spiro atoms. The van der Waals surface area contributed by atoms with Crippen LogP contribution in [0.2, 0.25) is 0 Å². The van der Waals surface area contributed by atoms with Gasteiger partial charge in [-0.1, -0.05) is 47.1 Å². The van der Waals surface area contributed by atoms with E-state index in [1.54, 1.807) is 17.9 Å². The lowest BCUT2D eigenvalue weighted by Crippen LogP contribution is -2.37. The van der Waals surface area contributed by atoms with Crippen molar-refractivity contribution in [2.75, 3.05) is 18.0 Å². The van der Waals surface area contributed by atoms with Gasteiger partial charge in [0.2, 0.25) is 15.9 Å². The molecule has 2 aromatic rings. The van der Waals surface area contributed by atoms with Crippen LogP contribution in [-0.2, 0) is 34.2 Å². The van der Waals surface area contributed by atoms with E-state index in [1.807, 2.05) is 24.3 Å². The van der Waals surface area contributed by atoms with Crippen molar-refractivity contribution in [3.8, 4) is 0 Å². The number of anilines is 1. The topological polar surface area (TPSA) is 57.7 Å². The molecular weight excluding hydrogens is 428 g/mol. The third-order valence-corrected chi connectivity index (χ3v) is 7.63.